The van der Waals surface area contributed by atoms with Gasteiger partial charge in [-0.05, 0) is 51.4 Å². The van der Waals surface area contributed by atoms with Gasteiger partial charge in [-0.1, -0.05) is 6.07 Å². The largest absolute Gasteiger partial charge is 0.389 e. The number of aromatic nitrogens is 1. The van der Waals surface area contributed by atoms with Gasteiger partial charge >= 0.3 is 0 Å². The molecule has 0 spiro atoms. The quantitative estimate of drug-likeness (QED) is 0.901. The van der Waals surface area contributed by atoms with Gasteiger partial charge in [0.05, 0.1) is 6.10 Å². The van der Waals surface area contributed by atoms with E-state index < -0.39 is 6.10 Å². The van der Waals surface area contributed by atoms with E-state index in [-0.39, 0.29) is 0 Å². The lowest BCUT2D eigenvalue weighted by atomic mass is 9.96. The molecule has 0 aromatic carbocycles. The molecule has 1 N–H and O–H groups in total. The van der Waals surface area contributed by atoms with Crippen LogP contribution in [0.1, 0.15) is 31.4 Å². The van der Waals surface area contributed by atoms with E-state index in [0.717, 1.165) is 30.4 Å². The zero-order valence-corrected chi connectivity index (χ0v) is 12.2. The average Bonchev–Trinajstić information content (AvgIpc) is 2.39. The Morgan fingerprint density at radius 2 is 2.05 bits per heavy atom. The van der Waals surface area contributed by atoms with E-state index in [0.29, 0.717) is 0 Å². The first-order valence-electron chi connectivity index (χ1n) is 7.10. The van der Waals surface area contributed by atoms with Gasteiger partial charge in [0.1, 0.15) is 5.82 Å². The minimum absolute atomic E-state index is 0.438. The highest BCUT2D eigenvalue weighted by molar-refractivity contribution is 5.40. The van der Waals surface area contributed by atoms with Crippen molar-refractivity contribution in [2.45, 2.75) is 25.9 Å². The number of aliphatic hydroxyl groups excluding tert-OH is 1. The van der Waals surface area contributed by atoms with Gasteiger partial charge in [0.2, 0.25) is 0 Å². The van der Waals surface area contributed by atoms with E-state index in [1.807, 2.05) is 12.1 Å². The molecule has 1 fully saturated rings. The molecule has 0 aliphatic carbocycles. The van der Waals surface area contributed by atoms with E-state index in [9.17, 15) is 5.11 Å². The molecule has 2 rings (SSSR count). The second-order valence-electron chi connectivity index (χ2n) is 5.82. The molecule has 0 saturated carbocycles. The first-order valence-corrected chi connectivity index (χ1v) is 7.10. The van der Waals surface area contributed by atoms with Crippen molar-refractivity contribution in [1.29, 1.82) is 0 Å². The fourth-order valence-electron chi connectivity index (χ4n) is 2.69. The molecule has 1 aromatic heterocycles. The zero-order chi connectivity index (χ0) is 13.8. The van der Waals surface area contributed by atoms with Crippen LogP contribution < -0.4 is 4.90 Å². The molecular formula is C15H25N3O. The number of hydrogen-bond acceptors (Lipinski definition) is 4. The second-order valence-corrected chi connectivity index (χ2v) is 5.82. The molecule has 19 heavy (non-hydrogen) atoms. The molecule has 0 bridgehead atoms. The number of nitrogens with zero attached hydrogens (tertiary/aromatic N) is 3. The lowest BCUT2D eigenvalue weighted by molar-refractivity contribution is 0.199. The molecule has 4 heteroatoms. The maximum absolute atomic E-state index is 9.49. The number of hydrogen-bond donors (Lipinski definition) is 1. The number of piperidine rings is 1. The number of anilines is 1. The highest BCUT2D eigenvalue weighted by Gasteiger charge is 2.20. The fraction of sp³-hybridized carbons (Fsp3) is 0.667. The molecule has 0 amide bonds. The summed E-state index contributed by atoms with van der Waals surface area (Å²) in [7, 11) is 4.28. The summed E-state index contributed by atoms with van der Waals surface area (Å²) in [6, 6.07) is 3.99. The summed E-state index contributed by atoms with van der Waals surface area (Å²) in [6.45, 7) is 5.12. The third-order valence-electron chi connectivity index (χ3n) is 3.82. The summed E-state index contributed by atoms with van der Waals surface area (Å²) >= 11 is 0. The molecule has 1 aliphatic rings. The number of rotatable bonds is 4. The molecule has 2 heterocycles. The van der Waals surface area contributed by atoms with Crippen LogP contribution in [0.3, 0.4) is 0 Å². The van der Waals surface area contributed by atoms with Gasteiger partial charge in [0, 0.05) is 25.8 Å². The monoisotopic (exact) mass is 263 g/mol. The smallest absolute Gasteiger partial charge is 0.128 e. The molecular weight excluding hydrogens is 238 g/mol. The van der Waals surface area contributed by atoms with Crippen molar-refractivity contribution in [3.05, 3.63) is 23.9 Å². The molecule has 1 atom stereocenters. The molecule has 0 unspecified atom stereocenters. The van der Waals surface area contributed by atoms with Gasteiger partial charge in [-0.15, -0.1) is 0 Å². The molecule has 106 valence electrons. The molecule has 4 nitrogen and oxygen atoms in total. The summed E-state index contributed by atoms with van der Waals surface area (Å²) in [5.74, 6) is 1.84. The minimum atomic E-state index is -0.438. The summed E-state index contributed by atoms with van der Waals surface area (Å²) in [5, 5.41) is 9.49. The third-order valence-corrected chi connectivity index (χ3v) is 3.82. The summed E-state index contributed by atoms with van der Waals surface area (Å²) in [4.78, 5) is 9.08. The Labute approximate surface area is 116 Å². The van der Waals surface area contributed by atoms with Crippen LogP contribution in [0.15, 0.2) is 18.3 Å². The lowest BCUT2D eigenvalue weighted by Crippen LogP contribution is -2.37. The van der Waals surface area contributed by atoms with Crippen molar-refractivity contribution in [1.82, 2.24) is 9.88 Å². The lowest BCUT2D eigenvalue weighted by Gasteiger charge is -2.34. The third kappa shape index (κ3) is 3.91. The zero-order valence-electron chi connectivity index (χ0n) is 12.2. The Bertz CT molecular complexity index is 381. The highest BCUT2D eigenvalue weighted by Crippen LogP contribution is 2.23. The van der Waals surface area contributed by atoms with Crippen molar-refractivity contribution in [2.24, 2.45) is 5.92 Å². The summed E-state index contributed by atoms with van der Waals surface area (Å²) in [5.41, 5.74) is 0.881. The van der Waals surface area contributed by atoms with Crippen LogP contribution in [-0.2, 0) is 0 Å². The van der Waals surface area contributed by atoms with Gasteiger partial charge in [0.25, 0.3) is 0 Å². The van der Waals surface area contributed by atoms with Crippen LogP contribution in [0.25, 0.3) is 0 Å². The topological polar surface area (TPSA) is 39.6 Å². The summed E-state index contributed by atoms with van der Waals surface area (Å²) in [6.07, 6.45) is 3.81. The highest BCUT2D eigenvalue weighted by atomic mass is 16.3. The van der Waals surface area contributed by atoms with Crippen molar-refractivity contribution in [3.63, 3.8) is 0 Å². The van der Waals surface area contributed by atoms with Crippen molar-refractivity contribution >= 4 is 5.82 Å². The molecule has 1 aromatic rings. The van der Waals surface area contributed by atoms with Crippen LogP contribution in [-0.4, -0.2) is 48.7 Å². The van der Waals surface area contributed by atoms with E-state index in [1.54, 1.807) is 13.1 Å². The minimum Gasteiger partial charge on any atom is -0.389 e. The first kappa shape index (κ1) is 14.3. The average molecular weight is 263 g/mol. The van der Waals surface area contributed by atoms with Gasteiger partial charge in [-0.2, -0.15) is 0 Å². The fourth-order valence-corrected chi connectivity index (χ4v) is 2.69. The maximum Gasteiger partial charge on any atom is 0.128 e. The standard InChI is InChI=1S/C15H25N3O/c1-12(19)14-4-5-15(16-10-14)18-8-6-13(7-9-18)11-17(2)3/h4-5,10,12-13,19H,6-9,11H2,1-3H3/t12-/m0/s1. The normalized spacial score (nSPS) is 18.9. The van der Waals surface area contributed by atoms with Gasteiger partial charge in [0.15, 0.2) is 0 Å². The van der Waals surface area contributed by atoms with Gasteiger partial charge in [-0.3, -0.25) is 0 Å². The predicted octanol–water partition coefficient (Wildman–Crippen LogP) is 1.91. The maximum atomic E-state index is 9.49. The molecule has 1 saturated heterocycles. The Hall–Kier alpha value is -1.13. The van der Waals surface area contributed by atoms with Crippen molar-refractivity contribution in [2.75, 3.05) is 38.6 Å². The van der Waals surface area contributed by atoms with E-state index in [4.69, 9.17) is 0 Å². The van der Waals surface area contributed by atoms with Crippen LogP contribution in [0.4, 0.5) is 5.82 Å². The van der Waals surface area contributed by atoms with Crippen molar-refractivity contribution in [3.8, 4) is 0 Å². The molecule has 1 aliphatic heterocycles. The first-order chi connectivity index (χ1) is 9.06. The second kappa shape index (κ2) is 6.35. The Kier molecular flexibility index (Phi) is 4.77. The number of pyridine rings is 1. The van der Waals surface area contributed by atoms with Gasteiger partial charge in [-0.25, -0.2) is 4.98 Å². The Morgan fingerprint density at radius 1 is 1.37 bits per heavy atom. The van der Waals surface area contributed by atoms with Crippen molar-refractivity contribution < 1.29 is 5.11 Å². The molecule has 0 radical (unpaired) electrons. The van der Waals surface area contributed by atoms with Crippen LogP contribution in [0, 0.1) is 5.92 Å². The predicted molar refractivity (Wildman–Crippen MR) is 78.4 cm³/mol. The van der Waals surface area contributed by atoms with E-state index >= 15 is 0 Å². The van der Waals surface area contributed by atoms with Crippen LogP contribution in [0.2, 0.25) is 0 Å². The number of aliphatic hydroxyl groups is 1. The summed E-state index contributed by atoms with van der Waals surface area (Å²) < 4.78 is 0. The van der Waals surface area contributed by atoms with E-state index in [2.05, 4.69) is 28.9 Å². The Balaban J connectivity index is 1.90. The SMILES string of the molecule is C[C@H](O)c1ccc(N2CCC(CN(C)C)CC2)nc1. The van der Waals surface area contributed by atoms with Crippen LogP contribution >= 0.6 is 0 Å². The van der Waals surface area contributed by atoms with Crippen LogP contribution in [0.5, 0.6) is 0 Å². The van der Waals surface area contributed by atoms with E-state index in [1.165, 1.54) is 19.4 Å². The Morgan fingerprint density at radius 3 is 2.53 bits per heavy atom. The van der Waals surface area contributed by atoms with Gasteiger partial charge < -0.3 is 14.9 Å².